The van der Waals surface area contributed by atoms with Gasteiger partial charge >= 0.3 is 12.5 Å². The van der Waals surface area contributed by atoms with Gasteiger partial charge < -0.3 is 15.3 Å². The number of anilines is 2. The van der Waals surface area contributed by atoms with E-state index in [1.54, 1.807) is 11.0 Å². The molecule has 0 bridgehead atoms. The molecular formula is C25H19F6N5O3. The summed E-state index contributed by atoms with van der Waals surface area (Å²) in [5.41, 5.74) is -2.21. The van der Waals surface area contributed by atoms with E-state index in [0.29, 0.717) is 29.5 Å². The van der Waals surface area contributed by atoms with Gasteiger partial charge in [0, 0.05) is 24.0 Å². The highest BCUT2D eigenvalue weighted by Crippen LogP contribution is 2.36. The number of aromatic nitrogens is 3. The molecule has 8 nitrogen and oxygen atoms in total. The summed E-state index contributed by atoms with van der Waals surface area (Å²) in [4.78, 5) is 22.9. The second kappa shape index (κ2) is 9.85. The molecule has 204 valence electrons. The SMILES string of the molecule is O=C(Nc1ccc(N2CC(O)C2)nc1)c1cc2ccc(C(F)(F)F)nc2n1C(OC(F)(F)F)c1ccccc1. The number of benzene rings is 1. The third kappa shape index (κ3) is 5.66. The lowest BCUT2D eigenvalue weighted by atomic mass is 10.2. The maximum absolute atomic E-state index is 13.5. The van der Waals surface area contributed by atoms with Crippen molar-refractivity contribution in [3.63, 3.8) is 0 Å². The van der Waals surface area contributed by atoms with Gasteiger partial charge in [-0.2, -0.15) is 13.2 Å². The van der Waals surface area contributed by atoms with Gasteiger partial charge in [0.15, 0.2) is 6.23 Å². The lowest BCUT2D eigenvalue weighted by Crippen LogP contribution is -2.51. The van der Waals surface area contributed by atoms with E-state index in [-0.39, 0.29) is 16.6 Å². The van der Waals surface area contributed by atoms with Gasteiger partial charge in [0.1, 0.15) is 22.9 Å². The molecule has 14 heteroatoms. The maximum Gasteiger partial charge on any atom is 0.524 e. The lowest BCUT2D eigenvalue weighted by molar-refractivity contribution is -0.348. The Hall–Kier alpha value is -4.17. The Morgan fingerprint density at radius 1 is 1.03 bits per heavy atom. The zero-order chi connectivity index (χ0) is 27.9. The molecule has 1 atom stereocenters. The average molecular weight is 551 g/mol. The van der Waals surface area contributed by atoms with Crippen LogP contribution in [0.4, 0.5) is 37.8 Å². The third-order valence-electron chi connectivity index (χ3n) is 5.96. The number of aliphatic hydroxyl groups is 1. The van der Waals surface area contributed by atoms with Crippen molar-refractivity contribution in [2.24, 2.45) is 0 Å². The van der Waals surface area contributed by atoms with Crippen LogP contribution in [-0.4, -0.2) is 51.1 Å². The number of hydrogen-bond acceptors (Lipinski definition) is 6. The second-order valence-corrected chi connectivity index (χ2v) is 8.75. The fourth-order valence-corrected chi connectivity index (χ4v) is 4.16. The first kappa shape index (κ1) is 26.4. The molecule has 3 aromatic heterocycles. The Labute approximate surface area is 216 Å². The van der Waals surface area contributed by atoms with E-state index < -0.39 is 47.8 Å². The molecule has 1 aromatic carbocycles. The normalized spacial score (nSPS) is 15.3. The highest BCUT2D eigenvalue weighted by molar-refractivity contribution is 6.06. The Bertz CT molecular complexity index is 1480. The zero-order valence-corrected chi connectivity index (χ0v) is 19.7. The van der Waals surface area contributed by atoms with Crippen LogP contribution >= 0.6 is 0 Å². The predicted molar refractivity (Wildman–Crippen MR) is 127 cm³/mol. The summed E-state index contributed by atoms with van der Waals surface area (Å²) in [7, 11) is 0. The van der Waals surface area contributed by atoms with Crippen LogP contribution in [0.15, 0.2) is 66.9 Å². The van der Waals surface area contributed by atoms with Crippen molar-refractivity contribution >= 4 is 28.4 Å². The molecule has 1 aliphatic heterocycles. The van der Waals surface area contributed by atoms with E-state index in [4.69, 9.17) is 0 Å². The van der Waals surface area contributed by atoms with Gasteiger partial charge in [-0.15, -0.1) is 13.2 Å². The van der Waals surface area contributed by atoms with E-state index in [1.165, 1.54) is 42.6 Å². The maximum atomic E-state index is 13.5. The molecule has 0 saturated carbocycles. The van der Waals surface area contributed by atoms with E-state index in [2.05, 4.69) is 20.0 Å². The van der Waals surface area contributed by atoms with Crippen LogP contribution in [0.3, 0.4) is 0 Å². The number of halogens is 6. The molecular weight excluding hydrogens is 532 g/mol. The Balaban J connectivity index is 1.58. The Morgan fingerprint density at radius 2 is 1.74 bits per heavy atom. The van der Waals surface area contributed by atoms with Gasteiger partial charge in [-0.25, -0.2) is 9.97 Å². The first-order chi connectivity index (χ1) is 18.4. The molecule has 0 aliphatic carbocycles. The minimum absolute atomic E-state index is 0.00957. The Morgan fingerprint density at radius 3 is 2.33 bits per heavy atom. The van der Waals surface area contributed by atoms with Gasteiger partial charge in [0.05, 0.1) is 18.0 Å². The van der Waals surface area contributed by atoms with Crippen LogP contribution < -0.4 is 10.2 Å². The highest BCUT2D eigenvalue weighted by Gasteiger charge is 2.38. The van der Waals surface area contributed by atoms with E-state index in [0.717, 1.165) is 12.1 Å². The number of carbonyl (C=O) groups excluding carboxylic acids is 1. The number of aliphatic hydroxyl groups excluding tert-OH is 1. The van der Waals surface area contributed by atoms with Crippen LogP contribution in [0, 0.1) is 0 Å². The fraction of sp³-hybridized carbons (Fsp3) is 0.240. The second-order valence-electron chi connectivity index (χ2n) is 8.75. The van der Waals surface area contributed by atoms with Crippen LogP contribution in [0.1, 0.15) is 28.0 Å². The topological polar surface area (TPSA) is 92.5 Å². The van der Waals surface area contributed by atoms with Crippen molar-refractivity contribution in [1.29, 1.82) is 0 Å². The van der Waals surface area contributed by atoms with Crippen LogP contribution in [0.25, 0.3) is 11.0 Å². The number of nitrogens with one attached hydrogen (secondary N) is 1. The van der Waals surface area contributed by atoms with Crippen molar-refractivity contribution in [3.05, 3.63) is 83.8 Å². The molecule has 1 unspecified atom stereocenters. The molecule has 0 radical (unpaired) electrons. The number of rotatable bonds is 6. The molecule has 1 aliphatic rings. The molecule has 1 fully saturated rings. The summed E-state index contributed by atoms with van der Waals surface area (Å²) in [6.45, 7) is 0.789. The molecule has 2 N–H and O–H groups in total. The van der Waals surface area contributed by atoms with Crippen molar-refractivity contribution < 1.29 is 41.0 Å². The van der Waals surface area contributed by atoms with Gasteiger partial charge in [-0.05, 0) is 30.3 Å². The number of alkyl halides is 6. The van der Waals surface area contributed by atoms with Gasteiger partial charge in [0.25, 0.3) is 5.91 Å². The van der Waals surface area contributed by atoms with Crippen molar-refractivity contribution in [2.45, 2.75) is 24.9 Å². The van der Waals surface area contributed by atoms with Crippen molar-refractivity contribution in [3.8, 4) is 0 Å². The minimum atomic E-state index is -5.21. The quantitative estimate of drug-likeness (QED) is 0.329. The lowest BCUT2D eigenvalue weighted by Gasteiger charge is -2.36. The third-order valence-corrected chi connectivity index (χ3v) is 5.96. The summed E-state index contributed by atoms with van der Waals surface area (Å²) < 4.78 is 86.0. The zero-order valence-electron chi connectivity index (χ0n) is 19.7. The highest BCUT2D eigenvalue weighted by atomic mass is 19.4. The molecule has 5 rings (SSSR count). The summed E-state index contributed by atoms with van der Waals surface area (Å²) >= 11 is 0. The molecule has 1 amide bonds. The summed E-state index contributed by atoms with van der Waals surface area (Å²) in [5.74, 6) is -0.388. The van der Waals surface area contributed by atoms with E-state index in [1.807, 2.05) is 0 Å². The molecule has 1 saturated heterocycles. The van der Waals surface area contributed by atoms with Crippen molar-refractivity contribution in [2.75, 3.05) is 23.3 Å². The van der Waals surface area contributed by atoms with E-state index >= 15 is 0 Å². The summed E-state index contributed by atoms with van der Waals surface area (Å²) in [6.07, 6.45) is -11.3. The van der Waals surface area contributed by atoms with Crippen LogP contribution in [-0.2, 0) is 10.9 Å². The summed E-state index contributed by atoms with van der Waals surface area (Å²) in [5, 5.41) is 11.9. The number of nitrogens with zero attached hydrogens (tertiary/aromatic N) is 4. The number of hydrogen-bond donors (Lipinski definition) is 2. The fourth-order valence-electron chi connectivity index (χ4n) is 4.16. The molecule has 0 spiro atoms. The van der Waals surface area contributed by atoms with Crippen molar-refractivity contribution in [1.82, 2.24) is 14.5 Å². The number of fused-ring (bicyclic) bond motifs is 1. The number of pyridine rings is 2. The van der Waals surface area contributed by atoms with E-state index in [9.17, 15) is 36.2 Å². The standard InChI is InChI=1S/C25H19F6N5O3/c26-24(27,28)19-8-6-15-10-18(22(38)33-16-7-9-20(32-11-16)35-12-17(37)13-35)36(21(15)34-19)23(39-25(29,30)31)14-4-2-1-3-5-14/h1-11,17,23,37H,12-13H2,(H,33,38). The van der Waals surface area contributed by atoms with Gasteiger partial charge in [0.2, 0.25) is 0 Å². The van der Waals surface area contributed by atoms with Crippen LogP contribution in [0.5, 0.6) is 0 Å². The Kier molecular flexibility index (Phi) is 6.68. The first-order valence-electron chi connectivity index (χ1n) is 11.5. The molecule has 4 heterocycles. The first-order valence-corrected chi connectivity index (χ1v) is 11.5. The summed E-state index contributed by atoms with van der Waals surface area (Å²) in [6, 6.07) is 12.9. The number of β-amino-alcohol motifs (C(OH)–C–C–N with tert-alkyl or cyclic N) is 1. The monoisotopic (exact) mass is 551 g/mol. The smallest absolute Gasteiger partial charge is 0.389 e. The number of carbonyl (C=O) groups is 1. The van der Waals surface area contributed by atoms with Crippen LogP contribution in [0.2, 0.25) is 0 Å². The molecule has 4 aromatic rings. The minimum Gasteiger partial charge on any atom is -0.389 e. The average Bonchev–Trinajstić information content (AvgIpc) is 3.24. The molecule has 39 heavy (non-hydrogen) atoms. The number of ether oxygens (including phenoxy) is 1. The van der Waals surface area contributed by atoms with Gasteiger partial charge in [-0.1, -0.05) is 30.3 Å². The largest absolute Gasteiger partial charge is 0.524 e. The predicted octanol–water partition coefficient (Wildman–Crippen LogP) is 4.97. The number of amides is 1. The van der Waals surface area contributed by atoms with Gasteiger partial charge in [-0.3, -0.25) is 14.1 Å².